The van der Waals surface area contributed by atoms with Gasteiger partial charge in [0.2, 0.25) is 11.7 Å². The smallest absolute Gasteiger partial charge is 0.270 e. The number of hydrogen-bond acceptors (Lipinski definition) is 6. The molecule has 2 atom stereocenters. The first-order chi connectivity index (χ1) is 13.9. The van der Waals surface area contributed by atoms with Gasteiger partial charge in [0.15, 0.2) is 0 Å². The van der Waals surface area contributed by atoms with Crippen LogP contribution in [0.4, 0.5) is 5.69 Å². The number of rotatable bonds is 7. The number of nitro groups is 1. The van der Waals surface area contributed by atoms with Crippen LogP contribution in [0.3, 0.4) is 0 Å². The summed E-state index contributed by atoms with van der Waals surface area (Å²) in [6.07, 6.45) is 0.749. The largest absolute Gasteiger partial charge is 0.340 e. The van der Waals surface area contributed by atoms with Crippen LogP contribution in [-0.4, -0.2) is 21.0 Å². The van der Waals surface area contributed by atoms with Crippen molar-refractivity contribution in [2.24, 2.45) is 5.92 Å². The molecule has 0 saturated heterocycles. The molecule has 1 N–H and O–H groups in total. The quantitative estimate of drug-likeness (QED) is 0.438. The van der Waals surface area contributed by atoms with Crippen molar-refractivity contribution in [2.45, 2.75) is 26.3 Å². The van der Waals surface area contributed by atoms with Crippen LogP contribution in [0, 0.1) is 16.0 Å². The van der Waals surface area contributed by atoms with Gasteiger partial charge < -0.3 is 9.84 Å². The summed E-state index contributed by atoms with van der Waals surface area (Å²) in [6.45, 7) is 3.93. The zero-order chi connectivity index (χ0) is 21.0. The highest BCUT2D eigenvalue weighted by molar-refractivity contribution is 6.30. The molecule has 1 amide bonds. The second-order valence-electron chi connectivity index (χ2n) is 6.61. The molecule has 2 unspecified atom stereocenters. The van der Waals surface area contributed by atoms with Gasteiger partial charge in [-0.3, -0.25) is 14.9 Å². The summed E-state index contributed by atoms with van der Waals surface area (Å²) < 4.78 is 5.42. The fourth-order valence-electron chi connectivity index (χ4n) is 2.75. The molecule has 3 rings (SSSR count). The number of halogens is 1. The lowest BCUT2D eigenvalue weighted by Crippen LogP contribution is -2.32. The maximum Gasteiger partial charge on any atom is 0.270 e. The maximum atomic E-state index is 12.7. The van der Waals surface area contributed by atoms with E-state index in [4.69, 9.17) is 16.1 Å². The Hall–Kier alpha value is -3.26. The first-order valence-electron chi connectivity index (χ1n) is 9.04. The van der Waals surface area contributed by atoms with Crippen LogP contribution >= 0.6 is 11.6 Å². The molecule has 0 aliphatic rings. The minimum absolute atomic E-state index is 0.00355. The molecule has 0 fully saturated rings. The Morgan fingerprint density at radius 1 is 1.28 bits per heavy atom. The molecule has 0 spiro atoms. The van der Waals surface area contributed by atoms with E-state index in [9.17, 15) is 14.9 Å². The van der Waals surface area contributed by atoms with E-state index in [-0.39, 0.29) is 23.1 Å². The van der Waals surface area contributed by atoms with Gasteiger partial charge in [0.1, 0.15) is 6.04 Å². The van der Waals surface area contributed by atoms with E-state index in [0.717, 1.165) is 12.0 Å². The molecular weight excluding hydrogens is 396 g/mol. The molecule has 29 heavy (non-hydrogen) atoms. The number of nitrogens with one attached hydrogen (secondary N) is 1. The second-order valence-corrected chi connectivity index (χ2v) is 7.04. The van der Waals surface area contributed by atoms with E-state index in [0.29, 0.717) is 10.8 Å². The van der Waals surface area contributed by atoms with Crippen molar-refractivity contribution < 1.29 is 14.2 Å². The van der Waals surface area contributed by atoms with E-state index in [1.165, 1.54) is 24.3 Å². The number of aromatic nitrogens is 2. The molecular formula is C20H19ClN4O4. The number of non-ortho nitro benzene ring substituents is 1. The van der Waals surface area contributed by atoms with Crippen molar-refractivity contribution >= 4 is 23.2 Å². The number of nitrogens with zero attached hydrogens (tertiary/aromatic N) is 3. The van der Waals surface area contributed by atoms with Gasteiger partial charge in [-0.2, -0.15) is 4.98 Å². The third-order valence-electron chi connectivity index (χ3n) is 4.63. The number of carbonyl (C=O) groups excluding carboxylic acids is 1. The summed E-state index contributed by atoms with van der Waals surface area (Å²) in [4.78, 5) is 27.6. The highest BCUT2D eigenvalue weighted by Crippen LogP contribution is 2.27. The van der Waals surface area contributed by atoms with Gasteiger partial charge >= 0.3 is 0 Å². The average molecular weight is 415 g/mol. The highest BCUT2D eigenvalue weighted by Gasteiger charge is 2.27. The summed E-state index contributed by atoms with van der Waals surface area (Å²) in [6, 6.07) is 12.0. The number of hydrogen-bond donors (Lipinski definition) is 1. The van der Waals surface area contributed by atoms with Crippen LogP contribution in [0.25, 0.3) is 11.4 Å². The molecule has 8 nitrogen and oxygen atoms in total. The van der Waals surface area contributed by atoms with E-state index in [1.54, 1.807) is 24.3 Å². The van der Waals surface area contributed by atoms with Gasteiger partial charge in [0.25, 0.3) is 11.6 Å². The van der Waals surface area contributed by atoms with Gasteiger partial charge in [-0.1, -0.05) is 43.1 Å². The van der Waals surface area contributed by atoms with Gasteiger partial charge in [0, 0.05) is 28.3 Å². The molecule has 0 bridgehead atoms. The molecule has 0 aliphatic carbocycles. The monoisotopic (exact) mass is 414 g/mol. The molecule has 2 aromatic carbocycles. The number of amides is 1. The maximum absolute atomic E-state index is 12.7. The molecule has 0 aliphatic heterocycles. The molecule has 1 heterocycles. The Morgan fingerprint density at radius 3 is 2.66 bits per heavy atom. The number of benzene rings is 2. The normalized spacial score (nSPS) is 12.9. The predicted molar refractivity (Wildman–Crippen MR) is 108 cm³/mol. The third-order valence-corrected chi connectivity index (χ3v) is 4.88. The molecule has 0 saturated carbocycles. The fourth-order valence-corrected chi connectivity index (χ4v) is 2.87. The third kappa shape index (κ3) is 4.78. The summed E-state index contributed by atoms with van der Waals surface area (Å²) in [5.41, 5.74) is 0.766. The van der Waals surface area contributed by atoms with Gasteiger partial charge in [0.05, 0.1) is 4.92 Å². The summed E-state index contributed by atoms with van der Waals surface area (Å²) in [7, 11) is 0. The van der Waals surface area contributed by atoms with Gasteiger partial charge in [-0.15, -0.1) is 0 Å². The lowest BCUT2D eigenvalue weighted by Gasteiger charge is -2.20. The van der Waals surface area contributed by atoms with Crippen LogP contribution in [0.1, 0.15) is 42.6 Å². The standard InChI is InChI=1S/C20H19ClN4O4/c1-3-12(2)17(22-19(26)14-5-4-6-16(11-14)25(27)28)20-23-18(24-29-20)13-7-9-15(21)10-8-13/h4-12,17H,3H2,1-2H3,(H,22,26). The van der Waals surface area contributed by atoms with Crippen molar-refractivity contribution in [1.82, 2.24) is 15.5 Å². The van der Waals surface area contributed by atoms with Gasteiger partial charge in [-0.05, 0) is 36.2 Å². The molecule has 1 aromatic heterocycles. The molecule has 0 radical (unpaired) electrons. The molecule has 150 valence electrons. The van der Waals surface area contributed by atoms with Crippen molar-refractivity contribution in [3.63, 3.8) is 0 Å². The van der Waals surface area contributed by atoms with E-state index in [2.05, 4.69) is 15.5 Å². The minimum Gasteiger partial charge on any atom is -0.340 e. The summed E-state index contributed by atoms with van der Waals surface area (Å²) in [5.74, 6) is 0.194. The Morgan fingerprint density at radius 2 is 2.00 bits per heavy atom. The van der Waals surface area contributed by atoms with Crippen molar-refractivity contribution in [3.05, 3.63) is 75.1 Å². The number of carbonyl (C=O) groups is 1. The van der Waals surface area contributed by atoms with Crippen molar-refractivity contribution in [2.75, 3.05) is 0 Å². The zero-order valence-corrected chi connectivity index (χ0v) is 16.6. The van der Waals surface area contributed by atoms with E-state index in [1.807, 2.05) is 13.8 Å². The topological polar surface area (TPSA) is 111 Å². The van der Waals surface area contributed by atoms with Crippen LogP contribution in [0.5, 0.6) is 0 Å². The Kier molecular flexibility index (Phi) is 6.23. The lowest BCUT2D eigenvalue weighted by molar-refractivity contribution is -0.384. The van der Waals surface area contributed by atoms with E-state index >= 15 is 0 Å². The van der Waals surface area contributed by atoms with Gasteiger partial charge in [-0.25, -0.2) is 0 Å². The number of nitro benzene ring substituents is 1. The highest BCUT2D eigenvalue weighted by atomic mass is 35.5. The summed E-state index contributed by atoms with van der Waals surface area (Å²) in [5, 5.41) is 18.4. The van der Waals surface area contributed by atoms with Crippen LogP contribution in [0.2, 0.25) is 5.02 Å². The Balaban J connectivity index is 1.85. The zero-order valence-electron chi connectivity index (χ0n) is 15.8. The SMILES string of the molecule is CCC(C)C(NC(=O)c1cccc([N+](=O)[O-])c1)c1nc(-c2ccc(Cl)cc2)no1. The lowest BCUT2D eigenvalue weighted by atomic mass is 9.98. The summed E-state index contributed by atoms with van der Waals surface area (Å²) >= 11 is 5.91. The van der Waals surface area contributed by atoms with E-state index < -0.39 is 16.9 Å². The predicted octanol–water partition coefficient (Wildman–Crippen LogP) is 4.82. The Labute approximate surface area is 172 Å². The Bertz CT molecular complexity index is 1020. The van der Waals surface area contributed by atoms with Crippen molar-refractivity contribution in [3.8, 4) is 11.4 Å². The van der Waals surface area contributed by atoms with Crippen LogP contribution in [-0.2, 0) is 0 Å². The molecule has 3 aromatic rings. The van der Waals surface area contributed by atoms with Crippen molar-refractivity contribution in [1.29, 1.82) is 0 Å². The minimum atomic E-state index is -0.542. The second kappa shape index (κ2) is 8.83. The first kappa shape index (κ1) is 20.5. The van der Waals surface area contributed by atoms with Crippen LogP contribution in [0.15, 0.2) is 53.1 Å². The first-order valence-corrected chi connectivity index (χ1v) is 9.41. The van der Waals surface area contributed by atoms with Crippen LogP contribution < -0.4 is 5.32 Å². The average Bonchev–Trinajstić information content (AvgIpc) is 3.21. The fraction of sp³-hybridized carbons (Fsp3) is 0.250. The molecule has 9 heteroatoms.